The first kappa shape index (κ1) is 13.1. The zero-order chi connectivity index (χ0) is 11.8. The number of ether oxygens (including phenoxy) is 1. The summed E-state index contributed by atoms with van der Waals surface area (Å²) < 4.78 is 6.61. The molecule has 0 atom stereocenters. The highest BCUT2D eigenvalue weighted by molar-refractivity contribution is 7.99. The number of thioether (sulfide) groups is 1. The Morgan fingerprint density at radius 1 is 1.44 bits per heavy atom. The number of aromatic nitrogens is 1. The van der Waals surface area contributed by atoms with Gasteiger partial charge < -0.3 is 15.0 Å². The molecule has 0 fully saturated rings. The molecular weight excluding hydrogens is 224 g/mol. The van der Waals surface area contributed by atoms with Crippen LogP contribution < -0.4 is 11.3 Å². The minimum Gasteiger partial charge on any atom is -0.398 e. The van der Waals surface area contributed by atoms with E-state index in [0.29, 0.717) is 5.69 Å². The van der Waals surface area contributed by atoms with Gasteiger partial charge in [0.2, 0.25) is 0 Å². The lowest BCUT2D eigenvalue weighted by Gasteiger charge is -2.06. The van der Waals surface area contributed by atoms with Crippen molar-refractivity contribution >= 4 is 17.4 Å². The molecule has 1 aromatic rings. The third-order valence-corrected chi connectivity index (χ3v) is 3.16. The molecular formula is C11H18N2O2S. The lowest BCUT2D eigenvalue weighted by molar-refractivity contribution is 0.218. The maximum atomic E-state index is 11.4. The zero-order valence-electron chi connectivity index (χ0n) is 9.52. The summed E-state index contributed by atoms with van der Waals surface area (Å²) in [6.45, 7) is 1.51. The summed E-state index contributed by atoms with van der Waals surface area (Å²) in [5.41, 5.74) is 6.26. The van der Waals surface area contributed by atoms with Crippen LogP contribution in [0.3, 0.4) is 0 Å². The van der Waals surface area contributed by atoms with Crippen LogP contribution >= 0.6 is 11.8 Å². The van der Waals surface area contributed by atoms with Crippen LogP contribution in [-0.4, -0.2) is 29.8 Å². The van der Waals surface area contributed by atoms with Crippen molar-refractivity contribution in [2.75, 3.05) is 31.0 Å². The van der Waals surface area contributed by atoms with Gasteiger partial charge in [0, 0.05) is 37.4 Å². The fourth-order valence-corrected chi connectivity index (χ4v) is 2.13. The molecule has 0 saturated carbocycles. The predicted octanol–water partition coefficient (Wildman–Crippen LogP) is 1.20. The highest BCUT2D eigenvalue weighted by Crippen LogP contribution is 2.04. The van der Waals surface area contributed by atoms with Crippen LogP contribution in [-0.2, 0) is 11.3 Å². The molecule has 1 heterocycles. The first-order valence-corrected chi connectivity index (χ1v) is 6.42. The number of pyridine rings is 1. The van der Waals surface area contributed by atoms with Crippen molar-refractivity contribution < 1.29 is 4.74 Å². The molecule has 16 heavy (non-hydrogen) atoms. The molecule has 0 unspecified atom stereocenters. The van der Waals surface area contributed by atoms with E-state index >= 15 is 0 Å². The number of hydrogen-bond donors (Lipinski definition) is 1. The van der Waals surface area contributed by atoms with E-state index in [2.05, 4.69) is 0 Å². The van der Waals surface area contributed by atoms with Gasteiger partial charge in [-0.2, -0.15) is 11.8 Å². The van der Waals surface area contributed by atoms with Gasteiger partial charge in [0.05, 0.1) is 6.61 Å². The van der Waals surface area contributed by atoms with Crippen LogP contribution in [0.5, 0.6) is 0 Å². The minimum atomic E-state index is 0.0103. The Kier molecular flexibility index (Phi) is 6.03. The summed E-state index contributed by atoms with van der Waals surface area (Å²) in [6, 6.07) is 3.14. The summed E-state index contributed by atoms with van der Waals surface area (Å²) in [5.74, 6) is 2.03. The van der Waals surface area contributed by atoms with Gasteiger partial charge in [-0.3, -0.25) is 4.79 Å². The van der Waals surface area contributed by atoms with E-state index in [0.717, 1.165) is 31.1 Å². The molecule has 0 radical (unpaired) electrons. The number of aryl methyl sites for hydroxylation is 1. The Bertz CT molecular complexity index is 365. The van der Waals surface area contributed by atoms with Gasteiger partial charge in [-0.15, -0.1) is 0 Å². The number of methoxy groups -OCH3 is 1. The van der Waals surface area contributed by atoms with E-state index < -0.39 is 0 Å². The molecule has 0 spiro atoms. The molecule has 0 aliphatic carbocycles. The Morgan fingerprint density at radius 3 is 3.00 bits per heavy atom. The maximum absolute atomic E-state index is 11.4. The third kappa shape index (κ3) is 4.72. The quantitative estimate of drug-likeness (QED) is 0.730. The van der Waals surface area contributed by atoms with Crippen LogP contribution in [0.25, 0.3) is 0 Å². The van der Waals surface area contributed by atoms with Gasteiger partial charge in [-0.25, -0.2) is 0 Å². The van der Waals surface area contributed by atoms with Crippen LogP contribution in [0.2, 0.25) is 0 Å². The first-order chi connectivity index (χ1) is 7.74. The second kappa shape index (κ2) is 7.35. The Morgan fingerprint density at radius 2 is 2.25 bits per heavy atom. The highest BCUT2D eigenvalue weighted by atomic mass is 32.2. The minimum absolute atomic E-state index is 0.0103. The van der Waals surface area contributed by atoms with Crippen molar-refractivity contribution in [3.05, 3.63) is 28.7 Å². The van der Waals surface area contributed by atoms with E-state index in [1.165, 1.54) is 6.07 Å². The van der Waals surface area contributed by atoms with Gasteiger partial charge in [-0.1, -0.05) is 0 Å². The zero-order valence-corrected chi connectivity index (χ0v) is 10.3. The lowest BCUT2D eigenvalue weighted by atomic mass is 10.4. The van der Waals surface area contributed by atoms with Crippen LogP contribution in [0.15, 0.2) is 23.1 Å². The smallest absolute Gasteiger partial charge is 0.250 e. The topological polar surface area (TPSA) is 57.2 Å². The molecule has 90 valence electrons. The molecule has 0 amide bonds. The monoisotopic (exact) mass is 242 g/mol. The largest absolute Gasteiger partial charge is 0.398 e. The standard InChI is InChI=1S/C11H18N2O2S/c1-15-6-8-16-7-2-5-13-9-10(12)3-4-11(13)14/h3-4,9H,2,5-8,12H2,1H3. The van der Waals surface area contributed by atoms with Gasteiger partial charge in [0.1, 0.15) is 0 Å². The summed E-state index contributed by atoms with van der Waals surface area (Å²) in [7, 11) is 1.70. The van der Waals surface area contributed by atoms with E-state index in [9.17, 15) is 4.79 Å². The summed E-state index contributed by atoms with van der Waals surface area (Å²) in [6.07, 6.45) is 2.67. The maximum Gasteiger partial charge on any atom is 0.250 e. The second-order valence-corrected chi connectivity index (χ2v) is 4.68. The van der Waals surface area contributed by atoms with Crippen molar-refractivity contribution in [3.8, 4) is 0 Å². The fourth-order valence-electron chi connectivity index (χ4n) is 1.31. The summed E-state index contributed by atoms with van der Waals surface area (Å²) >= 11 is 1.84. The fraction of sp³-hybridized carbons (Fsp3) is 0.545. The molecule has 5 heteroatoms. The molecule has 0 saturated heterocycles. The average molecular weight is 242 g/mol. The average Bonchev–Trinajstić information content (AvgIpc) is 2.28. The number of nitrogens with two attached hydrogens (primary N) is 1. The van der Waals surface area contributed by atoms with Crippen molar-refractivity contribution in [2.24, 2.45) is 0 Å². The van der Waals surface area contributed by atoms with Crippen molar-refractivity contribution in [3.63, 3.8) is 0 Å². The van der Waals surface area contributed by atoms with Crippen LogP contribution in [0, 0.1) is 0 Å². The second-order valence-electron chi connectivity index (χ2n) is 3.45. The van der Waals surface area contributed by atoms with Gasteiger partial charge >= 0.3 is 0 Å². The van der Waals surface area contributed by atoms with Crippen molar-refractivity contribution in [1.82, 2.24) is 4.57 Å². The Hall–Kier alpha value is -0.940. The molecule has 1 aromatic heterocycles. The van der Waals surface area contributed by atoms with E-state index in [-0.39, 0.29) is 5.56 Å². The highest BCUT2D eigenvalue weighted by Gasteiger charge is 1.96. The lowest BCUT2D eigenvalue weighted by Crippen LogP contribution is -2.19. The molecule has 0 aliphatic heterocycles. The predicted molar refractivity (Wildman–Crippen MR) is 68.9 cm³/mol. The van der Waals surface area contributed by atoms with Crippen LogP contribution in [0.4, 0.5) is 5.69 Å². The number of hydrogen-bond acceptors (Lipinski definition) is 4. The number of rotatable bonds is 7. The molecule has 0 aliphatic rings. The van der Waals surface area contributed by atoms with Gasteiger partial charge in [0.15, 0.2) is 0 Å². The third-order valence-electron chi connectivity index (χ3n) is 2.13. The van der Waals surface area contributed by atoms with Gasteiger partial charge in [-0.05, 0) is 18.2 Å². The summed E-state index contributed by atoms with van der Waals surface area (Å²) in [4.78, 5) is 11.4. The number of nitrogens with zero attached hydrogens (tertiary/aromatic N) is 1. The number of nitrogen functional groups attached to an aromatic ring is 1. The Labute approximate surface area is 99.8 Å². The molecule has 0 aromatic carbocycles. The van der Waals surface area contributed by atoms with Crippen molar-refractivity contribution in [1.29, 1.82) is 0 Å². The van der Waals surface area contributed by atoms with Gasteiger partial charge in [0.25, 0.3) is 5.56 Å². The molecule has 2 N–H and O–H groups in total. The molecule has 4 nitrogen and oxygen atoms in total. The first-order valence-electron chi connectivity index (χ1n) is 5.26. The van der Waals surface area contributed by atoms with E-state index in [4.69, 9.17) is 10.5 Å². The van der Waals surface area contributed by atoms with Crippen LogP contribution in [0.1, 0.15) is 6.42 Å². The normalized spacial score (nSPS) is 10.6. The van der Waals surface area contributed by atoms with E-state index in [1.807, 2.05) is 11.8 Å². The Balaban J connectivity index is 2.26. The number of anilines is 1. The summed E-state index contributed by atoms with van der Waals surface area (Å²) in [5, 5.41) is 0. The molecule has 1 rings (SSSR count). The van der Waals surface area contributed by atoms with Crippen molar-refractivity contribution in [2.45, 2.75) is 13.0 Å². The molecule has 0 bridgehead atoms. The van der Waals surface area contributed by atoms with E-state index in [1.54, 1.807) is 23.9 Å². The SMILES string of the molecule is COCCSCCCn1cc(N)ccc1=O.